The number of piperidine rings is 1. The van der Waals surface area contributed by atoms with Gasteiger partial charge in [-0.3, -0.25) is 9.78 Å². The Hall–Kier alpha value is -2.37. The highest BCUT2D eigenvalue weighted by molar-refractivity contribution is 8.00. The molecule has 3 aromatic rings. The molecule has 2 atom stereocenters. The molecule has 0 aliphatic carbocycles. The van der Waals surface area contributed by atoms with Crippen LogP contribution in [-0.2, 0) is 11.3 Å². The summed E-state index contributed by atoms with van der Waals surface area (Å²) in [6.07, 6.45) is 2.82. The zero-order valence-corrected chi connectivity index (χ0v) is 21.9. The van der Waals surface area contributed by atoms with Crippen LogP contribution in [0.1, 0.15) is 12.0 Å². The van der Waals surface area contributed by atoms with Crippen molar-refractivity contribution in [1.82, 2.24) is 20.2 Å². The Balaban J connectivity index is 1.10. The van der Waals surface area contributed by atoms with Gasteiger partial charge in [0.2, 0.25) is 5.91 Å². The predicted molar refractivity (Wildman–Crippen MR) is 145 cm³/mol. The number of fused-ring (bicyclic) bond motifs is 2. The topological polar surface area (TPSA) is 99.6 Å². The first-order valence-corrected chi connectivity index (χ1v) is 14.1. The molecule has 0 spiro atoms. The molecule has 2 aromatic carbocycles. The molecule has 1 aromatic heterocycles. The summed E-state index contributed by atoms with van der Waals surface area (Å²) >= 11 is 3.28. The Labute approximate surface area is 219 Å². The Morgan fingerprint density at radius 2 is 2.19 bits per heavy atom. The van der Waals surface area contributed by atoms with Gasteiger partial charge in [-0.2, -0.15) is 0 Å². The molecule has 36 heavy (non-hydrogen) atoms. The zero-order valence-electron chi connectivity index (χ0n) is 20.3. The van der Waals surface area contributed by atoms with E-state index in [2.05, 4.69) is 38.7 Å². The number of amides is 1. The Kier molecular flexibility index (Phi) is 8.28. The van der Waals surface area contributed by atoms with Crippen molar-refractivity contribution in [2.75, 3.05) is 50.2 Å². The molecule has 2 aliphatic rings. The van der Waals surface area contributed by atoms with Crippen LogP contribution in [-0.4, -0.2) is 76.8 Å². The van der Waals surface area contributed by atoms with Crippen LogP contribution in [0.25, 0.3) is 11.0 Å². The average Bonchev–Trinajstić information content (AvgIpc) is 2.91. The molecule has 0 bridgehead atoms. The van der Waals surface area contributed by atoms with Gasteiger partial charge < -0.3 is 25.4 Å². The Morgan fingerprint density at radius 3 is 3.06 bits per heavy atom. The van der Waals surface area contributed by atoms with Gasteiger partial charge in [0.1, 0.15) is 10.8 Å². The number of aliphatic hydroxyl groups is 1. The summed E-state index contributed by atoms with van der Waals surface area (Å²) in [5, 5.41) is 17.6. The van der Waals surface area contributed by atoms with Gasteiger partial charge in [-0.05, 0) is 42.8 Å². The van der Waals surface area contributed by atoms with Gasteiger partial charge in [0.05, 0.1) is 35.8 Å². The number of nitrogens with one attached hydrogen (secondary N) is 2. The molecule has 2 unspecified atom stereocenters. The molecule has 1 fully saturated rings. The number of benzene rings is 2. The molecular formula is C26H31N5O3S2. The maximum absolute atomic E-state index is 11.7. The van der Waals surface area contributed by atoms with E-state index in [4.69, 9.17) is 9.72 Å². The second-order valence-corrected chi connectivity index (χ2v) is 11.2. The molecule has 3 N–H and O–H groups in total. The third-order valence-corrected chi connectivity index (χ3v) is 8.64. The number of aromatic nitrogens is 2. The number of methoxy groups -OCH3 is 1. The molecule has 0 radical (unpaired) electrons. The number of rotatable bonds is 9. The van der Waals surface area contributed by atoms with Gasteiger partial charge in [0, 0.05) is 54.9 Å². The van der Waals surface area contributed by atoms with Crippen LogP contribution in [0.4, 0.5) is 5.69 Å². The number of hydrogen-bond donors (Lipinski definition) is 3. The third-order valence-electron chi connectivity index (χ3n) is 6.68. The summed E-state index contributed by atoms with van der Waals surface area (Å²) in [4.78, 5) is 24.5. The van der Waals surface area contributed by atoms with E-state index >= 15 is 0 Å². The molecule has 1 saturated heterocycles. The van der Waals surface area contributed by atoms with E-state index in [-0.39, 0.29) is 24.5 Å². The number of carbonyl (C=O) groups excluding carboxylic acids is 1. The Bertz CT molecular complexity index is 1230. The van der Waals surface area contributed by atoms with E-state index in [9.17, 15) is 9.90 Å². The summed E-state index contributed by atoms with van der Waals surface area (Å²) in [6.45, 7) is 3.68. The lowest BCUT2D eigenvalue weighted by Crippen LogP contribution is -2.50. The monoisotopic (exact) mass is 525 g/mol. The highest BCUT2D eigenvalue weighted by Crippen LogP contribution is 2.32. The SMILES string of the molecule is COc1ccc2ncc(SCCN3CCC(NCc4ccc5c(c4)NC(=O)CS5)C(CO)C3)nc2c1. The first kappa shape index (κ1) is 25.3. The summed E-state index contributed by atoms with van der Waals surface area (Å²) < 4.78 is 5.30. The van der Waals surface area contributed by atoms with E-state index in [0.29, 0.717) is 5.75 Å². The molecule has 5 rings (SSSR count). The second kappa shape index (κ2) is 11.8. The number of nitrogens with zero attached hydrogens (tertiary/aromatic N) is 3. The second-order valence-electron chi connectivity index (χ2n) is 9.10. The number of hydrogen-bond acceptors (Lipinski definition) is 9. The smallest absolute Gasteiger partial charge is 0.234 e. The molecule has 2 aliphatic heterocycles. The lowest BCUT2D eigenvalue weighted by Gasteiger charge is -2.38. The molecule has 0 saturated carbocycles. The lowest BCUT2D eigenvalue weighted by molar-refractivity contribution is -0.113. The first-order valence-electron chi connectivity index (χ1n) is 12.2. The minimum atomic E-state index is 0.0522. The molecular weight excluding hydrogens is 494 g/mol. The largest absolute Gasteiger partial charge is 0.497 e. The van der Waals surface area contributed by atoms with E-state index in [0.717, 1.165) is 76.3 Å². The zero-order chi connectivity index (χ0) is 24.9. The fraction of sp³-hybridized carbons (Fsp3) is 0.423. The van der Waals surface area contributed by atoms with Crippen LogP contribution in [0.2, 0.25) is 0 Å². The minimum Gasteiger partial charge on any atom is -0.497 e. The number of aliphatic hydroxyl groups excluding tert-OH is 1. The number of carbonyl (C=O) groups is 1. The molecule has 8 nitrogen and oxygen atoms in total. The number of likely N-dealkylation sites (tertiary alicyclic amines) is 1. The first-order chi connectivity index (χ1) is 17.6. The van der Waals surface area contributed by atoms with Crippen molar-refractivity contribution in [3.8, 4) is 5.75 Å². The van der Waals surface area contributed by atoms with Crippen LogP contribution in [0, 0.1) is 5.92 Å². The van der Waals surface area contributed by atoms with E-state index < -0.39 is 0 Å². The third kappa shape index (κ3) is 6.12. The molecule has 1 amide bonds. The average molecular weight is 526 g/mol. The van der Waals surface area contributed by atoms with E-state index in [1.165, 1.54) is 0 Å². The standard InChI is InChI=1S/C26H31N5O3S2/c1-34-19-3-4-21-22(11-19)30-26(13-28-21)35-9-8-31-7-6-20(18(14-31)15-32)27-12-17-2-5-24-23(10-17)29-25(33)16-36-24/h2-5,10-11,13,18,20,27,32H,6-9,12,14-16H2,1H3,(H,29,33). The summed E-state index contributed by atoms with van der Waals surface area (Å²) in [5.41, 5.74) is 3.74. The van der Waals surface area contributed by atoms with Gasteiger partial charge in [-0.1, -0.05) is 6.07 Å². The Morgan fingerprint density at radius 1 is 1.28 bits per heavy atom. The fourth-order valence-electron chi connectivity index (χ4n) is 4.70. The van der Waals surface area contributed by atoms with Crippen LogP contribution >= 0.6 is 23.5 Å². The van der Waals surface area contributed by atoms with Crippen molar-refractivity contribution in [3.05, 3.63) is 48.2 Å². The number of anilines is 1. The number of thioether (sulfide) groups is 2. The van der Waals surface area contributed by atoms with E-state index in [1.54, 1.807) is 30.6 Å². The summed E-state index contributed by atoms with van der Waals surface area (Å²) in [7, 11) is 1.65. The maximum atomic E-state index is 11.7. The summed E-state index contributed by atoms with van der Waals surface area (Å²) in [6, 6.07) is 12.2. The quantitative estimate of drug-likeness (QED) is 0.364. The van der Waals surface area contributed by atoms with Crippen LogP contribution in [0.5, 0.6) is 5.75 Å². The van der Waals surface area contributed by atoms with Gasteiger partial charge >= 0.3 is 0 Å². The van der Waals surface area contributed by atoms with Gasteiger partial charge in [0.25, 0.3) is 0 Å². The normalized spacial score (nSPS) is 20.2. The van der Waals surface area contributed by atoms with Crippen molar-refractivity contribution in [3.63, 3.8) is 0 Å². The van der Waals surface area contributed by atoms with Crippen molar-refractivity contribution < 1.29 is 14.6 Å². The summed E-state index contributed by atoms with van der Waals surface area (Å²) in [5.74, 6) is 2.41. The van der Waals surface area contributed by atoms with Gasteiger partial charge in [-0.25, -0.2) is 4.98 Å². The van der Waals surface area contributed by atoms with Crippen molar-refractivity contribution in [2.45, 2.75) is 28.9 Å². The fourth-order valence-corrected chi connectivity index (χ4v) is 6.34. The van der Waals surface area contributed by atoms with Crippen LogP contribution in [0.3, 0.4) is 0 Å². The lowest BCUT2D eigenvalue weighted by atomic mass is 9.92. The molecule has 190 valence electrons. The van der Waals surface area contributed by atoms with Gasteiger partial charge in [0.15, 0.2) is 0 Å². The van der Waals surface area contributed by atoms with Crippen LogP contribution < -0.4 is 15.4 Å². The highest BCUT2D eigenvalue weighted by Gasteiger charge is 2.28. The number of ether oxygens (including phenoxy) is 1. The molecule has 10 heteroatoms. The minimum absolute atomic E-state index is 0.0522. The predicted octanol–water partition coefficient (Wildman–Crippen LogP) is 3.25. The van der Waals surface area contributed by atoms with Crippen LogP contribution in [0.15, 0.2) is 52.5 Å². The van der Waals surface area contributed by atoms with E-state index in [1.807, 2.05) is 24.4 Å². The van der Waals surface area contributed by atoms with Crippen molar-refractivity contribution in [2.24, 2.45) is 5.92 Å². The van der Waals surface area contributed by atoms with Crippen molar-refractivity contribution in [1.29, 1.82) is 0 Å². The molecule has 3 heterocycles. The van der Waals surface area contributed by atoms with Gasteiger partial charge in [-0.15, -0.1) is 23.5 Å². The highest BCUT2D eigenvalue weighted by atomic mass is 32.2. The van der Waals surface area contributed by atoms with Crippen molar-refractivity contribution >= 4 is 46.2 Å². The maximum Gasteiger partial charge on any atom is 0.234 e.